The molecule has 1 aliphatic rings. The molecule has 0 saturated heterocycles. The highest BCUT2D eigenvalue weighted by Crippen LogP contribution is 2.38. The lowest BCUT2D eigenvalue weighted by atomic mass is 9.83. The van der Waals surface area contributed by atoms with Crippen molar-refractivity contribution in [1.82, 2.24) is 4.90 Å². The van der Waals surface area contributed by atoms with Crippen LogP contribution >= 0.6 is 28.1 Å². The Bertz CT molecular complexity index is 910. The quantitative estimate of drug-likeness (QED) is 0.494. The fraction of sp³-hybridized carbons (Fsp3) is 0.389. The van der Waals surface area contributed by atoms with E-state index in [1.54, 1.807) is 13.8 Å². The van der Waals surface area contributed by atoms with E-state index in [1.807, 2.05) is 0 Å². The first-order valence-corrected chi connectivity index (χ1v) is 9.36. The second-order valence-corrected chi connectivity index (χ2v) is 7.58. The number of aliphatic carboxylic acids is 1. The van der Waals surface area contributed by atoms with Gasteiger partial charge in [-0.3, -0.25) is 4.79 Å². The number of amides is 1. The minimum Gasteiger partial charge on any atom is -0.478 e. The van der Waals surface area contributed by atoms with Crippen molar-refractivity contribution >= 4 is 45.2 Å². The minimum absolute atomic E-state index is 0.0108. The maximum absolute atomic E-state index is 13.2. The fourth-order valence-electron chi connectivity index (χ4n) is 3.04. The summed E-state index contributed by atoms with van der Waals surface area (Å²) in [6.07, 6.45) is -4.25. The van der Waals surface area contributed by atoms with E-state index in [1.165, 1.54) is 11.0 Å². The molecule has 0 radical (unpaired) electrons. The Morgan fingerprint density at radius 2 is 2.07 bits per heavy atom. The van der Waals surface area contributed by atoms with Crippen LogP contribution in [0.1, 0.15) is 42.6 Å². The second-order valence-electron chi connectivity index (χ2n) is 6.54. The second kappa shape index (κ2) is 8.14. The molecule has 1 unspecified atom stereocenters. The van der Waals surface area contributed by atoms with Crippen molar-refractivity contribution in [1.29, 1.82) is 0 Å². The summed E-state index contributed by atoms with van der Waals surface area (Å²) < 4.78 is 39.4. The summed E-state index contributed by atoms with van der Waals surface area (Å²) in [5, 5.41) is 11.5. The lowest BCUT2D eigenvalue weighted by molar-refractivity contribution is -0.138. The summed E-state index contributed by atoms with van der Waals surface area (Å²) in [4.78, 5) is 29.8. The average molecular weight is 477 g/mol. The fourth-order valence-corrected chi connectivity index (χ4v) is 3.62. The van der Waals surface area contributed by atoms with Crippen LogP contribution in [0.3, 0.4) is 0 Å². The van der Waals surface area contributed by atoms with Gasteiger partial charge in [-0.2, -0.15) is 18.2 Å². The predicted molar refractivity (Wildman–Crippen MR) is 103 cm³/mol. The largest absolute Gasteiger partial charge is 0.478 e. The molecule has 10 heteroatoms. The van der Waals surface area contributed by atoms with Gasteiger partial charge in [0.25, 0.3) is 5.91 Å². The third kappa shape index (κ3) is 4.34. The zero-order valence-corrected chi connectivity index (χ0v) is 17.3. The minimum atomic E-state index is -4.63. The maximum atomic E-state index is 13.2. The highest BCUT2D eigenvalue weighted by molar-refractivity contribution is 9.10. The molecule has 1 amide bonds. The van der Waals surface area contributed by atoms with Crippen molar-refractivity contribution in [3.8, 4) is 0 Å². The molecular formula is C18H16BrF3N2O3S. The molecule has 1 heterocycles. The highest BCUT2D eigenvalue weighted by atomic mass is 79.9. The standard InChI is InChI=1S/C18H16BrF3N2O3S/c1-3-17(2)7-11(16(26)27)14(23-9-28)8-24(17)15(25)10-4-5-13(19)12(6-10)18(20,21)22/h4-6H,3,7-8H2,1-2H3,(H,26,27). The first-order valence-electron chi connectivity index (χ1n) is 8.16. The van der Waals surface area contributed by atoms with Gasteiger partial charge in [0, 0.05) is 22.0 Å². The van der Waals surface area contributed by atoms with Crippen LogP contribution in [0.2, 0.25) is 0 Å². The number of carboxylic acids is 1. The molecule has 0 bridgehead atoms. The summed E-state index contributed by atoms with van der Waals surface area (Å²) in [6.45, 7) is 3.27. The van der Waals surface area contributed by atoms with Gasteiger partial charge in [0.05, 0.1) is 28.5 Å². The molecule has 0 aliphatic carbocycles. The van der Waals surface area contributed by atoms with E-state index >= 15 is 0 Å². The van der Waals surface area contributed by atoms with E-state index in [0.29, 0.717) is 6.42 Å². The van der Waals surface area contributed by atoms with E-state index in [9.17, 15) is 27.9 Å². The van der Waals surface area contributed by atoms with Crippen molar-refractivity contribution in [2.45, 2.75) is 38.4 Å². The van der Waals surface area contributed by atoms with Crippen LogP contribution in [0.25, 0.3) is 0 Å². The van der Waals surface area contributed by atoms with Crippen molar-refractivity contribution < 1.29 is 27.9 Å². The smallest absolute Gasteiger partial charge is 0.417 e. The van der Waals surface area contributed by atoms with Gasteiger partial charge < -0.3 is 10.0 Å². The van der Waals surface area contributed by atoms with Gasteiger partial charge in [0.15, 0.2) is 0 Å². The van der Waals surface area contributed by atoms with E-state index in [2.05, 4.69) is 38.3 Å². The molecule has 0 saturated carbocycles. The van der Waals surface area contributed by atoms with Crippen molar-refractivity contribution in [3.05, 3.63) is 45.1 Å². The summed E-state index contributed by atoms with van der Waals surface area (Å²) in [5.41, 5.74) is -1.95. The maximum Gasteiger partial charge on any atom is 0.417 e. The Hall–Kier alpha value is -2.03. The monoisotopic (exact) mass is 476 g/mol. The zero-order chi connectivity index (χ0) is 21.3. The number of hydrogen-bond donors (Lipinski definition) is 1. The number of hydrogen-bond acceptors (Lipinski definition) is 4. The molecule has 1 aliphatic heterocycles. The molecule has 1 N–H and O–H groups in total. The number of rotatable bonds is 4. The molecule has 0 spiro atoms. The van der Waals surface area contributed by atoms with Crippen molar-refractivity contribution in [2.24, 2.45) is 4.99 Å². The number of nitrogens with zero attached hydrogens (tertiary/aromatic N) is 2. The molecule has 150 valence electrons. The highest BCUT2D eigenvalue weighted by Gasteiger charge is 2.42. The summed E-state index contributed by atoms with van der Waals surface area (Å²) >= 11 is 7.40. The number of thiocarbonyl (C=S) groups is 1. The first kappa shape index (κ1) is 22.3. The van der Waals surface area contributed by atoms with Gasteiger partial charge in [-0.1, -0.05) is 22.9 Å². The van der Waals surface area contributed by atoms with Gasteiger partial charge in [0.2, 0.25) is 0 Å². The van der Waals surface area contributed by atoms with Crippen LogP contribution in [0, 0.1) is 0 Å². The van der Waals surface area contributed by atoms with Crippen LogP contribution in [0.5, 0.6) is 0 Å². The number of benzene rings is 1. The number of halogens is 4. The van der Waals surface area contributed by atoms with Crippen LogP contribution in [0.4, 0.5) is 13.2 Å². The SMILES string of the molecule is CCC1(C)CC(C(=O)O)=C(N=C=S)CN1C(=O)c1ccc(Br)c(C(F)(F)F)c1. The Balaban J connectivity index is 2.55. The Kier molecular flexibility index (Phi) is 6.48. The van der Waals surface area contributed by atoms with E-state index in [4.69, 9.17) is 0 Å². The molecule has 2 rings (SSSR count). The van der Waals surface area contributed by atoms with E-state index in [0.717, 1.165) is 12.1 Å². The molecule has 0 aromatic heterocycles. The zero-order valence-electron chi connectivity index (χ0n) is 14.9. The number of carbonyl (C=O) groups is 2. The Morgan fingerprint density at radius 3 is 2.57 bits per heavy atom. The summed E-state index contributed by atoms with van der Waals surface area (Å²) in [7, 11) is 0. The van der Waals surface area contributed by atoms with Crippen molar-refractivity contribution in [3.63, 3.8) is 0 Å². The van der Waals surface area contributed by atoms with Gasteiger partial charge >= 0.3 is 12.1 Å². The Labute approximate surface area is 173 Å². The lowest BCUT2D eigenvalue weighted by Gasteiger charge is -2.44. The van der Waals surface area contributed by atoms with Gasteiger partial charge in [-0.15, -0.1) is 0 Å². The molecule has 5 nitrogen and oxygen atoms in total. The van der Waals surface area contributed by atoms with E-state index < -0.39 is 29.2 Å². The topological polar surface area (TPSA) is 70.0 Å². The number of carbonyl (C=O) groups excluding carboxylic acids is 1. The van der Waals surface area contributed by atoms with Crippen LogP contribution in [-0.2, 0) is 11.0 Å². The number of aliphatic imine (C=N–C) groups is 1. The van der Waals surface area contributed by atoms with Gasteiger partial charge in [0.1, 0.15) is 0 Å². The number of carboxylic acid groups (broad SMARTS) is 1. The third-order valence-corrected chi connectivity index (χ3v) is 5.61. The van der Waals surface area contributed by atoms with Crippen LogP contribution in [0.15, 0.2) is 38.9 Å². The van der Waals surface area contributed by atoms with Crippen molar-refractivity contribution in [2.75, 3.05) is 6.54 Å². The normalized spacial score (nSPS) is 20.0. The van der Waals surface area contributed by atoms with Crippen LogP contribution in [-0.4, -0.2) is 39.1 Å². The lowest BCUT2D eigenvalue weighted by Crippen LogP contribution is -2.53. The summed E-state index contributed by atoms with van der Waals surface area (Å²) in [5.74, 6) is -1.83. The number of alkyl halides is 3. The molecular weight excluding hydrogens is 461 g/mol. The average Bonchev–Trinajstić information content (AvgIpc) is 2.61. The third-order valence-electron chi connectivity index (χ3n) is 4.83. The van der Waals surface area contributed by atoms with Gasteiger partial charge in [-0.25, -0.2) is 4.79 Å². The Morgan fingerprint density at radius 1 is 1.43 bits per heavy atom. The molecule has 1 aromatic carbocycles. The molecule has 28 heavy (non-hydrogen) atoms. The first-order chi connectivity index (χ1) is 12.9. The van der Waals surface area contributed by atoms with Gasteiger partial charge in [-0.05, 0) is 43.8 Å². The van der Waals surface area contributed by atoms with Crippen LogP contribution < -0.4 is 0 Å². The predicted octanol–water partition coefficient (Wildman–Crippen LogP) is 4.92. The van der Waals surface area contributed by atoms with E-state index in [-0.39, 0.29) is 34.3 Å². The summed E-state index contributed by atoms with van der Waals surface area (Å²) in [6, 6.07) is 3.23. The number of isothiocyanates is 1. The molecule has 0 fully saturated rings. The molecule has 1 atom stereocenters. The molecule has 1 aromatic rings.